The molecule has 0 radical (unpaired) electrons. The number of fused-ring (bicyclic) bond motifs is 4. The molecule has 4 aliphatic rings. The van der Waals surface area contributed by atoms with Crippen molar-refractivity contribution < 1.29 is 31.1 Å². The van der Waals surface area contributed by atoms with Gasteiger partial charge in [0.2, 0.25) is 10.0 Å². The maximum Gasteiger partial charge on any atom is 0.264 e. The number of rotatable bonds is 4. The molecule has 2 aliphatic carbocycles. The molecule has 0 aromatic heterocycles. The van der Waals surface area contributed by atoms with Crippen LogP contribution in [0.3, 0.4) is 0 Å². The maximum absolute atomic E-state index is 13.3. The highest BCUT2D eigenvalue weighted by molar-refractivity contribution is 7.90. The molecule has 2 aliphatic heterocycles. The zero-order valence-corrected chi connectivity index (χ0v) is 28.8. The average Bonchev–Trinajstić information content (AvgIpc) is 3.12. The number of aryl methyl sites for hydroxylation is 1. The highest BCUT2D eigenvalue weighted by Crippen LogP contribution is 2.47. The van der Waals surface area contributed by atoms with E-state index in [0.29, 0.717) is 43.3 Å². The maximum atomic E-state index is 13.3. The number of nitrogens with one attached hydrogen (secondary N) is 1. The lowest BCUT2D eigenvalue weighted by Gasteiger charge is -2.46. The SMILES string of the molecule is C[C@@H]1CC/C=C\[C@H](OCCS(C)(=O)=O)[C@@H]2CC[C@H]2CN2C[C@@]3(CCCc4cc(Cl)ccc43)COc3ccc(cc32)C(=O)NS1(=O)=O. The van der Waals surface area contributed by atoms with Crippen molar-refractivity contribution in [3.05, 3.63) is 70.3 Å². The summed E-state index contributed by atoms with van der Waals surface area (Å²) in [5.41, 5.74) is 3.18. The van der Waals surface area contributed by atoms with Crippen molar-refractivity contribution in [2.75, 3.05) is 43.2 Å². The van der Waals surface area contributed by atoms with E-state index in [-0.39, 0.29) is 41.3 Å². The fraction of sp³-hybridized carbons (Fsp3) is 0.559. The first-order valence-corrected chi connectivity index (χ1v) is 20.1. The zero-order chi connectivity index (χ0) is 32.7. The zero-order valence-electron chi connectivity index (χ0n) is 26.4. The van der Waals surface area contributed by atoms with Crippen LogP contribution < -0.4 is 14.4 Å². The van der Waals surface area contributed by atoms with Crippen molar-refractivity contribution in [1.29, 1.82) is 0 Å². The van der Waals surface area contributed by atoms with Crippen molar-refractivity contribution in [2.45, 2.75) is 68.6 Å². The van der Waals surface area contributed by atoms with Gasteiger partial charge in [-0.05, 0) is 105 Å². The predicted octanol–water partition coefficient (Wildman–Crippen LogP) is 5.07. The smallest absolute Gasteiger partial charge is 0.264 e. The minimum Gasteiger partial charge on any atom is -0.490 e. The highest BCUT2D eigenvalue weighted by Gasteiger charge is 2.44. The molecule has 1 saturated carbocycles. The van der Waals surface area contributed by atoms with Crippen LogP contribution in [0.25, 0.3) is 0 Å². The Balaban J connectivity index is 1.39. The van der Waals surface area contributed by atoms with Crippen LogP contribution in [0.2, 0.25) is 5.02 Å². The van der Waals surface area contributed by atoms with Gasteiger partial charge in [0.15, 0.2) is 0 Å². The van der Waals surface area contributed by atoms with Crippen LogP contribution in [-0.4, -0.2) is 72.4 Å². The molecule has 2 heterocycles. The van der Waals surface area contributed by atoms with E-state index in [9.17, 15) is 21.6 Å². The fourth-order valence-electron chi connectivity index (χ4n) is 7.45. The van der Waals surface area contributed by atoms with Gasteiger partial charge >= 0.3 is 0 Å². The van der Waals surface area contributed by atoms with E-state index in [4.69, 9.17) is 21.1 Å². The minimum atomic E-state index is -3.93. The molecule has 2 aromatic carbocycles. The second kappa shape index (κ2) is 13.1. The quantitative estimate of drug-likeness (QED) is 0.442. The van der Waals surface area contributed by atoms with Gasteiger partial charge in [0, 0.05) is 35.3 Å². The van der Waals surface area contributed by atoms with Gasteiger partial charge in [0.1, 0.15) is 15.6 Å². The number of allylic oxidation sites excluding steroid dienone is 1. The monoisotopic (exact) mass is 690 g/mol. The molecule has 6 rings (SSSR count). The molecule has 1 spiro atoms. The first kappa shape index (κ1) is 33.3. The summed E-state index contributed by atoms with van der Waals surface area (Å²) < 4.78 is 65.1. The normalized spacial score (nSPS) is 30.2. The van der Waals surface area contributed by atoms with Gasteiger partial charge in [-0.1, -0.05) is 29.8 Å². The van der Waals surface area contributed by atoms with E-state index in [1.807, 2.05) is 18.2 Å². The van der Waals surface area contributed by atoms with Crippen molar-refractivity contribution in [3.63, 3.8) is 0 Å². The van der Waals surface area contributed by atoms with E-state index < -0.39 is 31.0 Å². The number of amides is 1. The van der Waals surface area contributed by atoms with Gasteiger partial charge in [-0.3, -0.25) is 4.79 Å². The van der Waals surface area contributed by atoms with Crippen LogP contribution in [0.5, 0.6) is 5.75 Å². The number of benzene rings is 2. The Morgan fingerprint density at radius 3 is 2.74 bits per heavy atom. The van der Waals surface area contributed by atoms with Gasteiger partial charge in [-0.15, -0.1) is 0 Å². The Kier molecular flexibility index (Phi) is 9.51. The number of carbonyl (C=O) groups is 1. The van der Waals surface area contributed by atoms with E-state index in [2.05, 4.69) is 21.8 Å². The predicted molar refractivity (Wildman–Crippen MR) is 180 cm³/mol. The summed E-state index contributed by atoms with van der Waals surface area (Å²) in [6, 6.07) is 11.3. The third kappa shape index (κ3) is 7.12. The molecule has 1 N–H and O–H groups in total. The number of sulfonamides is 1. The molecule has 1 fully saturated rings. The Hall–Kier alpha value is -2.60. The standard InChI is InChI=1S/C34H43ClN2O7S2/c1-23-6-3-4-8-31(43-16-17-45(2,39)40)28-12-9-26(28)20-37-21-34(15-5-7-24-18-27(35)11-13-29(24)34)22-44-32-14-10-25(19-30(32)37)33(38)36-46(23,41)42/h4,8,10-11,13-14,18-19,23,26,28,31H,3,5-7,9,12,15-17,20-22H2,1-2H3,(H,36,38)/b8-4-/t23-,26+,28-,31+,34+/m1/s1. The number of hydrogen-bond donors (Lipinski definition) is 1. The van der Waals surface area contributed by atoms with Gasteiger partial charge in [0.25, 0.3) is 5.91 Å². The van der Waals surface area contributed by atoms with E-state index >= 15 is 0 Å². The molecular formula is C34H43ClN2O7S2. The Labute approximate surface area is 277 Å². The summed E-state index contributed by atoms with van der Waals surface area (Å²) in [6.45, 7) is 3.51. The molecule has 2 bridgehead atoms. The van der Waals surface area contributed by atoms with Crippen LogP contribution in [0.4, 0.5) is 5.69 Å². The number of hydrogen-bond acceptors (Lipinski definition) is 8. The molecule has 1 amide bonds. The molecule has 5 atom stereocenters. The minimum absolute atomic E-state index is 0.0603. The van der Waals surface area contributed by atoms with Crippen LogP contribution in [0.1, 0.15) is 66.9 Å². The largest absolute Gasteiger partial charge is 0.490 e. The second-order valence-corrected chi connectivity index (χ2v) is 18.3. The third-order valence-electron chi connectivity index (χ3n) is 10.2. The molecule has 9 nitrogen and oxygen atoms in total. The molecule has 46 heavy (non-hydrogen) atoms. The summed E-state index contributed by atoms with van der Waals surface area (Å²) in [4.78, 5) is 15.7. The van der Waals surface area contributed by atoms with Gasteiger partial charge in [-0.25, -0.2) is 21.6 Å². The van der Waals surface area contributed by atoms with Crippen LogP contribution >= 0.6 is 11.6 Å². The van der Waals surface area contributed by atoms with Crippen LogP contribution in [0, 0.1) is 11.8 Å². The highest BCUT2D eigenvalue weighted by atomic mass is 35.5. The van der Waals surface area contributed by atoms with Gasteiger partial charge in [0.05, 0.1) is 36.0 Å². The van der Waals surface area contributed by atoms with Crippen LogP contribution in [-0.2, 0) is 36.4 Å². The van der Waals surface area contributed by atoms with Crippen molar-refractivity contribution in [3.8, 4) is 5.75 Å². The van der Waals surface area contributed by atoms with Gasteiger partial charge in [-0.2, -0.15) is 0 Å². The molecule has 250 valence electrons. The Morgan fingerprint density at radius 2 is 1.98 bits per heavy atom. The average molecular weight is 691 g/mol. The molecule has 0 saturated heterocycles. The number of anilines is 1. The molecule has 12 heteroatoms. The Morgan fingerprint density at radius 1 is 1.15 bits per heavy atom. The summed E-state index contributed by atoms with van der Waals surface area (Å²) >= 11 is 6.41. The summed E-state index contributed by atoms with van der Waals surface area (Å²) in [5, 5.41) is -0.0821. The summed E-state index contributed by atoms with van der Waals surface area (Å²) in [7, 11) is -7.11. The number of ether oxygens (including phenoxy) is 2. The van der Waals surface area contributed by atoms with E-state index in [1.165, 1.54) is 17.4 Å². The number of carbonyl (C=O) groups excluding carboxylic acids is 1. The number of sulfone groups is 1. The first-order valence-electron chi connectivity index (χ1n) is 16.2. The third-order valence-corrected chi connectivity index (χ3v) is 13.2. The second-order valence-electron chi connectivity index (χ2n) is 13.5. The Bertz CT molecular complexity index is 1730. The lowest BCUT2D eigenvalue weighted by molar-refractivity contribution is -0.00783. The van der Waals surface area contributed by atoms with Crippen molar-refractivity contribution >= 4 is 43.1 Å². The number of halogens is 1. The lowest BCUT2D eigenvalue weighted by Crippen LogP contribution is -2.49. The van der Waals surface area contributed by atoms with Crippen molar-refractivity contribution in [1.82, 2.24) is 4.72 Å². The summed E-state index contributed by atoms with van der Waals surface area (Å²) in [5.74, 6) is 0.361. The first-order chi connectivity index (χ1) is 21.8. The molecular weight excluding hydrogens is 648 g/mol. The lowest BCUT2D eigenvalue weighted by atomic mass is 9.68. The van der Waals surface area contributed by atoms with E-state index in [0.717, 1.165) is 37.8 Å². The van der Waals surface area contributed by atoms with E-state index in [1.54, 1.807) is 25.1 Å². The fourth-order valence-corrected chi connectivity index (χ4v) is 9.07. The van der Waals surface area contributed by atoms with Crippen molar-refractivity contribution in [2.24, 2.45) is 11.8 Å². The summed E-state index contributed by atoms with van der Waals surface area (Å²) in [6.07, 6.45) is 10.4. The molecule has 0 unspecified atom stereocenters. The topological polar surface area (TPSA) is 119 Å². The molecule has 2 aromatic rings. The van der Waals surface area contributed by atoms with Crippen LogP contribution in [0.15, 0.2) is 48.6 Å². The van der Waals surface area contributed by atoms with Gasteiger partial charge < -0.3 is 14.4 Å². The number of nitrogens with zero attached hydrogens (tertiary/aromatic N) is 1.